The van der Waals surface area contributed by atoms with Crippen molar-refractivity contribution in [2.24, 2.45) is 11.3 Å². The van der Waals surface area contributed by atoms with Crippen molar-refractivity contribution in [1.82, 2.24) is 0 Å². The molecule has 1 aliphatic rings. The summed E-state index contributed by atoms with van der Waals surface area (Å²) in [6, 6.07) is 0. The molecule has 0 aromatic rings. The van der Waals surface area contributed by atoms with Gasteiger partial charge in [0.15, 0.2) is 0 Å². The molecular weight excluding hydrogens is 168 g/mol. The maximum Gasteiger partial charge on any atom is 0.0286 e. The smallest absolute Gasteiger partial charge is 0.0286 e. The molecule has 0 heterocycles. The van der Waals surface area contributed by atoms with E-state index in [1.807, 2.05) is 0 Å². The number of alkyl halides is 1. The lowest BCUT2D eigenvalue weighted by molar-refractivity contribution is 0.267. The maximum absolute atomic E-state index is 6.03. The van der Waals surface area contributed by atoms with Crippen LogP contribution in [-0.2, 0) is 0 Å². The van der Waals surface area contributed by atoms with Gasteiger partial charge in [0.2, 0.25) is 0 Å². The Bertz CT molecular complexity index is 152. The maximum atomic E-state index is 6.03. The predicted octanol–water partition coefficient (Wildman–Crippen LogP) is 4.00. The minimum absolute atomic E-state index is 0.414. The zero-order chi connectivity index (χ0) is 9.03. The number of hydrogen-bond acceptors (Lipinski definition) is 0. The third kappa shape index (κ3) is 2.26. The van der Waals surface area contributed by atoms with Crippen molar-refractivity contribution in [2.45, 2.75) is 39.5 Å². The van der Waals surface area contributed by atoms with Crippen LogP contribution in [0.15, 0.2) is 12.2 Å². The quantitative estimate of drug-likeness (QED) is 0.460. The lowest BCUT2D eigenvalue weighted by Gasteiger charge is -2.29. The average molecular weight is 187 g/mol. The van der Waals surface area contributed by atoms with Crippen LogP contribution in [-0.4, -0.2) is 5.88 Å². The zero-order valence-electron chi connectivity index (χ0n) is 8.15. The molecule has 1 aliphatic carbocycles. The van der Waals surface area contributed by atoms with Gasteiger partial charge in [-0.2, -0.15) is 0 Å². The molecule has 0 N–H and O–H groups in total. The van der Waals surface area contributed by atoms with E-state index in [1.54, 1.807) is 0 Å². The molecule has 0 bridgehead atoms. The van der Waals surface area contributed by atoms with Crippen molar-refractivity contribution >= 4 is 11.6 Å². The average Bonchev–Trinajstić information content (AvgIpc) is 2.54. The van der Waals surface area contributed by atoms with E-state index >= 15 is 0 Å². The largest absolute Gasteiger partial charge is 0.126 e. The Hall–Kier alpha value is 0.0300. The summed E-state index contributed by atoms with van der Waals surface area (Å²) >= 11 is 6.03. The van der Waals surface area contributed by atoms with Crippen molar-refractivity contribution in [1.29, 1.82) is 0 Å². The van der Waals surface area contributed by atoms with E-state index in [0.29, 0.717) is 5.41 Å². The summed E-state index contributed by atoms with van der Waals surface area (Å²) in [5.41, 5.74) is 0.414. The lowest BCUT2D eigenvalue weighted by atomic mass is 9.78. The van der Waals surface area contributed by atoms with Crippen molar-refractivity contribution < 1.29 is 0 Å². The van der Waals surface area contributed by atoms with Crippen molar-refractivity contribution in [2.75, 3.05) is 5.88 Å². The van der Waals surface area contributed by atoms with Crippen LogP contribution >= 0.6 is 11.6 Å². The van der Waals surface area contributed by atoms with E-state index in [-0.39, 0.29) is 0 Å². The Morgan fingerprint density at radius 2 is 2.00 bits per heavy atom. The molecule has 1 rings (SSSR count). The first kappa shape index (κ1) is 10.1. The SMILES string of the molecule is CCC(C)CC1(CCl)CC=CC1. The van der Waals surface area contributed by atoms with E-state index in [4.69, 9.17) is 11.6 Å². The molecule has 70 valence electrons. The van der Waals surface area contributed by atoms with E-state index in [1.165, 1.54) is 25.7 Å². The van der Waals surface area contributed by atoms with Gasteiger partial charge in [-0.15, -0.1) is 11.6 Å². The van der Waals surface area contributed by atoms with Gasteiger partial charge in [0.1, 0.15) is 0 Å². The molecule has 12 heavy (non-hydrogen) atoms. The molecule has 0 radical (unpaired) electrons. The highest BCUT2D eigenvalue weighted by atomic mass is 35.5. The highest BCUT2D eigenvalue weighted by Crippen LogP contribution is 2.40. The highest BCUT2D eigenvalue weighted by molar-refractivity contribution is 6.18. The first-order valence-corrected chi connectivity index (χ1v) is 5.47. The molecule has 1 atom stereocenters. The normalized spacial score (nSPS) is 22.9. The summed E-state index contributed by atoms with van der Waals surface area (Å²) in [5, 5.41) is 0. The van der Waals surface area contributed by atoms with E-state index < -0.39 is 0 Å². The van der Waals surface area contributed by atoms with Crippen molar-refractivity contribution in [3.05, 3.63) is 12.2 Å². The molecule has 0 nitrogen and oxygen atoms in total. The van der Waals surface area contributed by atoms with E-state index in [2.05, 4.69) is 26.0 Å². The fraction of sp³-hybridized carbons (Fsp3) is 0.818. The topological polar surface area (TPSA) is 0 Å². The predicted molar refractivity (Wildman–Crippen MR) is 55.6 cm³/mol. The molecule has 0 saturated heterocycles. The van der Waals surface area contributed by atoms with Crippen LogP contribution in [0.3, 0.4) is 0 Å². The van der Waals surface area contributed by atoms with Crippen LogP contribution in [0, 0.1) is 11.3 Å². The number of allylic oxidation sites excluding steroid dienone is 2. The molecular formula is C11H19Cl. The second-order valence-corrected chi connectivity index (χ2v) is 4.50. The molecule has 0 aliphatic heterocycles. The molecule has 0 aromatic heterocycles. The monoisotopic (exact) mass is 186 g/mol. The molecule has 0 aromatic carbocycles. The third-order valence-electron chi connectivity index (χ3n) is 3.03. The van der Waals surface area contributed by atoms with Crippen LogP contribution in [0.4, 0.5) is 0 Å². The second-order valence-electron chi connectivity index (χ2n) is 4.23. The van der Waals surface area contributed by atoms with Gasteiger partial charge in [0.25, 0.3) is 0 Å². The first-order valence-electron chi connectivity index (χ1n) is 4.93. The molecule has 0 spiro atoms. The Morgan fingerprint density at radius 1 is 1.42 bits per heavy atom. The Kier molecular flexibility index (Phi) is 3.64. The third-order valence-corrected chi connectivity index (χ3v) is 3.60. The minimum atomic E-state index is 0.414. The van der Waals surface area contributed by atoms with Crippen LogP contribution < -0.4 is 0 Å². The Morgan fingerprint density at radius 3 is 2.42 bits per heavy atom. The Balaban J connectivity index is 2.45. The summed E-state index contributed by atoms with van der Waals surface area (Å²) in [5.74, 6) is 1.65. The molecule has 0 fully saturated rings. The minimum Gasteiger partial charge on any atom is -0.126 e. The first-order chi connectivity index (χ1) is 5.72. The molecule has 1 unspecified atom stereocenters. The fourth-order valence-electron chi connectivity index (χ4n) is 1.96. The number of halogens is 1. The van der Waals surface area contributed by atoms with Crippen LogP contribution in [0.1, 0.15) is 39.5 Å². The van der Waals surface area contributed by atoms with Crippen molar-refractivity contribution in [3.63, 3.8) is 0 Å². The van der Waals surface area contributed by atoms with Gasteiger partial charge in [0.05, 0.1) is 0 Å². The number of hydrogen-bond donors (Lipinski definition) is 0. The molecule has 0 amide bonds. The van der Waals surface area contributed by atoms with Crippen LogP contribution in [0.25, 0.3) is 0 Å². The summed E-state index contributed by atoms with van der Waals surface area (Å²) in [7, 11) is 0. The van der Waals surface area contributed by atoms with Gasteiger partial charge in [-0.1, -0.05) is 32.4 Å². The summed E-state index contributed by atoms with van der Waals surface area (Å²) < 4.78 is 0. The summed E-state index contributed by atoms with van der Waals surface area (Å²) in [6.07, 6.45) is 9.52. The van der Waals surface area contributed by atoms with Crippen LogP contribution in [0.2, 0.25) is 0 Å². The zero-order valence-corrected chi connectivity index (χ0v) is 8.90. The Labute approximate surface area is 81.0 Å². The second kappa shape index (κ2) is 4.32. The molecule has 0 saturated carbocycles. The van der Waals surface area contributed by atoms with Gasteiger partial charge in [-0.25, -0.2) is 0 Å². The molecule has 1 heteroatoms. The van der Waals surface area contributed by atoms with Crippen LogP contribution in [0.5, 0.6) is 0 Å². The summed E-state index contributed by atoms with van der Waals surface area (Å²) in [4.78, 5) is 0. The standard InChI is InChI=1S/C11H19Cl/c1-3-10(2)8-11(9-12)6-4-5-7-11/h4-5,10H,3,6-9H2,1-2H3. The van der Waals surface area contributed by atoms with Gasteiger partial charge in [-0.3, -0.25) is 0 Å². The van der Waals surface area contributed by atoms with Gasteiger partial charge in [-0.05, 0) is 30.6 Å². The van der Waals surface area contributed by atoms with Gasteiger partial charge < -0.3 is 0 Å². The highest BCUT2D eigenvalue weighted by Gasteiger charge is 2.30. The van der Waals surface area contributed by atoms with Gasteiger partial charge in [0, 0.05) is 5.88 Å². The van der Waals surface area contributed by atoms with Crippen molar-refractivity contribution in [3.8, 4) is 0 Å². The lowest BCUT2D eigenvalue weighted by Crippen LogP contribution is -2.21. The summed E-state index contributed by atoms with van der Waals surface area (Å²) in [6.45, 7) is 4.58. The fourth-order valence-corrected chi connectivity index (χ4v) is 2.29. The number of rotatable bonds is 4. The van der Waals surface area contributed by atoms with E-state index in [0.717, 1.165) is 11.8 Å². The van der Waals surface area contributed by atoms with E-state index in [9.17, 15) is 0 Å². The van der Waals surface area contributed by atoms with Gasteiger partial charge >= 0.3 is 0 Å².